The van der Waals surface area contributed by atoms with Crippen molar-refractivity contribution >= 4 is 22.9 Å². The second kappa shape index (κ2) is 6.98. The van der Waals surface area contributed by atoms with Crippen molar-refractivity contribution in [2.24, 2.45) is 0 Å². The average molecular weight is 390 g/mol. The lowest BCUT2D eigenvalue weighted by Gasteiger charge is -2.18. The van der Waals surface area contributed by atoms with E-state index in [1.54, 1.807) is 21.5 Å². The summed E-state index contributed by atoms with van der Waals surface area (Å²) in [7, 11) is 0. The molecule has 0 bridgehead atoms. The van der Waals surface area contributed by atoms with E-state index in [9.17, 15) is 14.9 Å². The molecule has 1 amide bonds. The number of amides is 1. The second-order valence-electron chi connectivity index (χ2n) is 7.03. The van der Waals surface area contributed by atoms with Crippen LogP contribution >= 0.6 is 0 Å². The maximum atomic E-state index is 12.8. The van der Waals surface area contributed by atoms with Gasteiger partial charge in [-0.15, -0.1) is 0 Å². The van der Waals surface area contributed by atoms with E-state index < -0.39 is 4.92 Å². The van der Waals surface area contributed by atoms with E-state index in [1.165, 1.54) is 12.3 Å². The molecule has 1 aliphatic rings. The molecule has 1 aromatic carbocycles. The van der Waals surface area contributed by atoms with E-state index in [2.05, 4.69) is 16.2 Å². The molecular formula is C20H18N6O3. The van der Waals surface area contributed by atoms with Crippen molar-refractivity contribution in [1.29, 1.82) is 5.26 Å². The predicted octanol–water partition coefficient (Wildman–Crippen LogP) is 2.65. The monoisotopic (exact) mass is 390 g/mol. The zero-order valence-electron chi connectivity index (χ0n) is 16.0. The van der Waals surface area contributed by atoms with Gasteiger partial charge in [0.1, 0.15) is 11.6 Å². The molecule has 0 saturated heterocycles. The van der Waals surface area contributed by atoms with E-state index in [4.69, 9.17) is 5.26 Å². The summed E-state index contributed by atoms with van der Waals surface area (Å²) in [5.74, 6) is -0.0327. The maximum Gasteiger partial charge on any atom is 0.269 e. The van der Waals surface area contributed by atoms with Crippen LogP contribution in [0.2, 0.25) is 0 Å². The quantitative estimate of drug-likeness (QED) is 0.499. The highest BCUT2D eigenvalue weighted by Gasteiger charge is 2.26. The third-order valence-corrected chi connectivity index (χ3v) is 5.39. The fraction of sp³-hybridized carbons (Fsp3) is 0.300. The number of aryl methyl sites for hydroxylation is 2. The van der Waals surface area contributed by atoms with Gasteiger partial charge in [0.2, 0.25) is 5.91 Å². The van der Waals surface area contributed by atoms with Crippen molar-refractivity contribution in [3.05, 3.63) is 62.6 Å². The van der Waals surface area contributed by atoms with Crippen LogP contribution in [0.25, 0.3) is 5.65 Å². The van der Waals surface area contributed by atoms with Gasteiger partial charge in [-0.2, -0.15) is 10.4 Å². The smallest absolute Gasteiger partial charge is 0.269 e. The molecule has 0 saturated carbocycles. The summed E-state index contributed by atoms with van der Waals surface area (Å²) in [5, 5.41) is 24.3. The molecule has 2 aromatic heterocycles. The van der Waals surface area contributed by atoms with Crippen LogP contribution in [0.5, 0.6) is 0 Å². The molecule has 3 aromatic rings. The Morgan fingerprint density at radius 3 is 2.90 bits per heavy atom. The van der Waals surface area contributed by atoms with Gasteiger partial charge in [-0.05, 0) is 43.9 Å². The van der Waals surface area contributed by atoms with Crippen LogP contribution in [0, 0.1) is 35.3 Å². The van der Waals surface area contributed by atoms with Crippen LogP contribution in [-0.4, -0.2) is 32.0 Å². The van der Waals surface area contributed by atoms with Crippen LogP contribution in [0.1, 0.15) is 34.5 Å². The summed E-state index contributed by atoms with van der Waals surface area (Å²) in [5.41, 5.74) is 5.11. The van der Waals surface area contributed by atoms with Crippen LogP contribution in [-0.2, 0) is 17.6 Å². The number of nitro groups is 1. The van der Waals surface area contributed by atoms with Crippen molar-refractivity contribution in [1.82, 2.24) is 14.6 Å². The summed E-state index contributed by atoms with van der Waals surface area (Å²) in [6.45, 7) is 4.29. The Labute approximate surface area is 166 Å². The number of carbonyl (C=O) groups excluding carboxylic acids is 1. The van der Waals surface area contributed by atoms with Gasteiger partial charge < -0.3 is 4.90 Å². The number of hydrogen-bond donors (Lipinski definition) is 0. The van der Waals surface area contributed by atoms with Crippen molar-refractivity contribution in [2.45, 2.75) is 33.1 Å². The molecule has 1 aliphatic heterocycles. The molecule has 9 heteroatoms. The van der Waals surface area contributed by atoms with E-state index in [0.717, 1.165) is 28.2 Å². The number of nitriles is 1. The second-order valence-corrected chi connectivity index (χ2v) is 7.03. The van der Waals surface area contributed by atoms with Gasteiger partial charge >= 0.3 is 0 Å². The Kier molecular flexibility index (Phi) is 4.47. The predicted molar refractivity (Wildman–Crippen MR) is 105 cm³/mol. The number of benzene rings is 1. The minimum absolute atomic E-state index is 0.0327. The Balaban J connectivity index is 1.55. The zero-order valence-corrected chi connectivity index (χ0v) is 16.0. The van der Waals surface area contributed by atoms with E-state index >= 15 is 0 Å². The summed E-state index contributed by atoms with van der Waals surface area (Å²) in [6.07, 6.45) is 2.89. The fourth-order valence-electron chi connectivity index (χ4n) is 3.88. The third-order valence-electron chi connectivity index (χ3n) is 5.39. The molecule has 0 atom stereocenters. The highest BCUT2D eigenvalue weighted by atomic mass is 16.6. The van der Waals surface area contributed by atoms with Crippen molar-refractivity contribution in [3.63, 3.8) is 0 Å². The maximum absolute atomic E-state index is 12.8. The summed E-state index contributed by atoms with van der Waals surface area (Å²) < 4.78 is 1.63. The largest absolute Gasteiger partial charge is 0.312 e. The summed E-state index contributed by atoms with van der Waals surface area (Å²) >= 11 is 0. The highest BCUT2D eigenvalue weighted by molar-refractivity contribution is 5.95. The number of nitro benzene ring substituents is 1. The SMILES string of the molecule is Cc1nc2c(C#N)cnn2c(C)c1CCC(=O)N1CCc2cc([N+](=O)[O-])ccc21. The van der Waals surface area contributed by atoms with Crippen LogP contribution in [0.4, 0.5) is 11.4 Å². The van der Waals surface area contributed by atoms with Crippen molar-refractivity contribution < 1.29 is 9.72 Å². The topological polar surface area (TPSA) is 117 Å². The lowest BCUT2D eigenvalue weighted by atomic mass is 10.1. The zero-order chi connectivity index (χ0) is 20.7. The van der Waals surface area contributed by atoms with Crippen molar-refractivity contribution in [2.75, 3.05) is 11.4 Å². The Morgan fingerprint density at radius 1 is 1.38 bits per heavy atom. The minimum atomic E-state index is -0.424. The molecule has 146 valence electrons. The summed E-state index contributed by atoms with van der Waals surface area (Å²) in [6, 6.07) is 6.70. The molecule has 3 heterocycles. The molecule has 0 unspecified atom stereocenters. The Bertz CT molecular complexity index is 1210. The first kappa shape index (κ1) is 18.6. The van der Waals surface area contributed by atoms with Gasteiger partial charge in [-0.25, -0.2) is 9.50 Å². The lowest BCUT2D eigenvalue weighted by Crippen LogP contribution is -2.29. The van der Waals surface area contributed by atoms with E-state index in [-0.39, 0.29) is 18.0 Å². The molecule has 9 nitrogen and oxygen atoms in total. The Morgan fingerprint density at radius 2 is 2.17 bits per heavy atom. The molecule has 4 rings (SSSR count). The van der Waals surface area contributed by atoms with Gasteiger partial charge in [0.15, 0.2) is 5.65 Å². The number of hydrogen-bond acceptors (Lipinski definition) is 6. The molecule has 0 N–H and O–H groups in total. The number of rotatable bonds is 4. The fourth-order valence-corrected chi connectivity index (χ4v) is 3.88. The number of non-ortho nitro benzene ring substituents is 1. The standard InChI is InChI=1S/C20H18N6O3/c1-12-17(13(2)25-20(23-12)15(10-21)11-22-25)4-6-19(27)24-8-7-14-9-16(26(28)29)3-5-18(14)24/h3,5,9,11H,4,6-8H2,1-2H3. The van der Waals surface area contributed by atoms with Gasteiger partial charge in [-0.1, -0.05) is 0 Å². The summed E-state index contributed by atoms with van der Waals surface area (Å²) in [4.78, 5) is 29.6. The van der Waals surface area contributed by atoms with Gasteiger partial charge in [0, 0.05) is 42.2 Å². The number of nitrogens with zero attached hydrogens (tertiary/aromatic N) is 6. The number of carbonyl (C=O) groups is 1. The van der Waals surface area contributed by atoms with Crippen LogP contribution in [0.15, 0.2) is 24.4 Å². The first-order chi connectivity index (χ1) is 13.9. The molecular weight excluding hydrogens is 372 g/mol. The van der Waals surface area contributed by atoms with Crippen LogP contribution < -0.4 is 4.90 Å². The van der Waals surface area contributed by atoms with Crippen LogP contribution in [0.3, 0.4) is 0 Å². The number of anilines is 1. The Hall–Kier alpha value is -3.80. The van der Waals surface area contributed by atoms with Gasteiger partial charge in [0.05, 0.1) is 11.1 Å². The van der Waals surface area contributed by atoms with E-state index in [1.807, 2.05) is 13.8 Å². The highest BCUT2D eigenvalue weighted by Crippen LogP contribution is 2.32. The van der Waals surface area contributed by atoms with E-state index in [0.29, 0.717) is 30.6 Å². The number of fused-ring (bicyclic) bond motifs is 2. The normalized spacial score (nSPS) is 12.8. The van der Waals surface area contributed by atoms with Gasteiger partial charge in [0.25, 0.3) is 5.69 Å². The molecule has 0 fully saturated rings. The lowest BCUT2D eigenvalue weighted by molar-refractivity contribution is -0.384. The first-order valence-electron chi connectivity index (χ1n) is 9.22. The van der Waals surface area contributed by atoms with Crippen molar-refractivity contribution in [3.8, 4) is 6.07 Å². The average Bonchev–Trinajstić information content (AvgIpc) is 3.30. The molecule has 0 radical (unpaired) electrons. The molecule has 29 heavy (non-hydrogen) atoms. The number of aromatic nitrogens is 3. The minimum Gasteiger partial charge on any atom is -0.312 e. The first-order valence-corrected chi connectivity index (χ1v) is 9.22. The van der Waals surface area contributed by atoms with Gasteiger partial charge in [-0.3, -0.25) is 14.9 Å². The third kappa shape index (κ3) is 3.08. The molecule has 0 spiro atoms. The molecule has 0 aliphatic carbocycles.